The summed E-state index contributed by atoms with van der Waals surface area (Å²) in [6.45, 7) is 6.80. The third-order valence-electron chi connectivity index (χ3n) is 1.91. The molecular weight excluding hydrogens is 128 g/mol. The van der Waals surface area contributed by atoms with Crippen molar-refractivity contribution in [1.29, 1.82) is 0 Å². The molecule has 9 heavy (non-hydrogen) atoms. The van der Waals surface area contributed by atoms with Crippen LogP contribution in [0.25, 0.3) is 0 Å². The highest BCUT2D eigenvalue weighted by Gasteiger charge is 2.28. The summed E-state index contributed by atoms with van der Waals surface area (Å²) >= 11 is 0. The zero-order valence-corrected chi connectivity index (χ0v) is 7.61. The van der Waals surface area contributed by atoms with Gasteiger partial charge in [-0.25, -0.2) is 0 Å². The molecule has 0 aromatic carbocycles. The quantitative estimate of drug-likeness (QED) is 0.474. The minimum Gasteiger partial charge on any atom is -0.415 e. The van der Waals surface area contributed by atoms with Crippen LogP contribution in [0.3, 0.4) is 0 Å². The van der Waals surface area contributed by atoms with Crippen molar-refractivity contribution in [3.8, 4) is 0 Å². The first kappa shape index (κ1) is 7.29. The molecule has 0 bridgehead atoms. The van der Waals surface area contributed by atoms with E-state index in [-0.39, 0.29) is 0 Å². The maximum absolute atomic E-state index is 5.81. The van der Waals surface area contributed by atoms with Gasteiger partial charge in [0.1, 0.15) is 0 Å². The fraction of sp³-hybridized carbons (Fsp3) is 1.00. The van der Waals surface area contributed by atoms with E-state index in [4.69, 9.17) is 4.43 Å². The lowest BCUT2D eigenvalue weighted by Crippen LogP contribution is -2.37. The minimum absolute atomic E-state index is 0.542. The van der Waals surface area contributed by atoms with E-state index in [2.05, 4.69) is 20.0 Å². The average Bonchev–Trinajstić information content (AvgIpc) is 1.60. The second kappa shape index (κ2) is 2.43. The van der Waals surface area contributed by atoms with Crippen LogP contribution in [0.4, 0.5) is 0 Å². The van der Waals surface area contributed by atoms with E-state index in [1.54, 1.807) is 0 Å². The first-order chi connectivity index (χ1) is 4.10. The maximum Gasteiger partial charge on any atom is 0.187 e. The summed E-state index contributed by atoms with van der Waals surface area (Å²) in [5, 5.41) is 0. The molecule has 0 N–H and O–H groups in total. The van der Waals surface area contributed by atoms with Crippen LogP contribution in [0.5, 0.6) is 0 Å². The van der Waals surface area contributed by atoms with E-state index in [0.29, 0.717) is 6.10 Å². The van der Waals surface area contributed by atoms with Gasteiger partial charge in [-0.2, -0.15) is 0 Å². The molecule has 0 radical (unpaired) electrons. The SMILES string of the molecule is CC1CCC[Si](C)(C)O1. The molecule has 1 heterocycles. The molecule has 1 rings (SSSR count). The molecule has 2 heteroatoms. The third-order valence-corrected chi connectivity index (χ3v) is 4.51. The third kappa shape index (κ3) is 2.10. The Balaban J connectivity index is 2.41. The molecule has 0 aliphatic carbocycles. The topological polar surface area (TPSA) is 9.23 Å². The molecular formula is C7H16OSi. The van der Waals surface area contributed by atoms with Crippen LogP contribution in [0.15, 0.2) is 0 Å². The smallest absolute Gasteiger partial charge is 0.187 e. The summed E-state index contributed by atoms with van der Waals surface area (Å²) in [5.74, 6) is 0. The van der Waals surface area contributed by atoms with Crippen LogP contribution in [-0.4, -0.2) is 14.4 Å². The van der Waals surface area contributed by atoms with Crippen molar-refractivity contribution < 1.29 is 4.43 Å². The molecule has 1 unspecified atom stereocenters. The first-order valence-electron chi connectivity index (χ1n) is 3.78. The van der Waals surface area contributed by atoms with Gasteiger partial charge in [0.2, 0.25) is 0 Å². The van der Waals surface area contributed by atoms with E-state index < -0.39 is 8.32 Å². The van der Waals surface area contributed by atoms with E-state index in [0.717, 1.165) is 0 Å². The van der Waals surface area contributed by atoms with Gasteiger partial charge in [0, 0.05) is 6.10 Å². The fourth-order valence-electron chi connectivity index (χ4n) is 1.48. The van der Waals surface area contributed by atoms with Crippen LogP contribution >= 0.6 is 0 Å². The van der Waals surface area contributed by atoms with Gasteiger partial charge in [0.25, 0.3) is 0 Å². The van der Waals surface area contributed by atoms with Crippen LogP contribution in [0, 0.1) is 0 Å². The zero-order chi connectivity index (χ0) is 6.91. The predicted molar refractivity (Wildman–Crippen MR) is 42.1 cm³/mol. The standard InChI is InChI=1S/C7H16OSi/c1-7-5-4-6-9(2,3)8-7/h7H,4-6H2,1-3H3. The molecule has 0 saturated carbocycles. The summed E-state index contributed by atoms with van der Waals surface area (Å²) in [5.41, 5.74) is 0. The van der Waals surface area contributed by atoms with Gasteiger partial charge in [0.05, 0.1) is 0 Å². The first-order valence-corrected chi connectivity index (χ1v) is 6.89. The monoisotopic (exact) mass is 144 g/mol. The van der Waals surface area contributed by atoms with Gasteiger partial charge < -0.3 is 4.43 Å². The lowest BCUT2D eigenvalue weighted by Gasteiger charge is -2.32. The zero-order valence-electron chi connectivity index (χ0n) is 6.61. The van der Waals surface area contributed by atoms with E-state index in [1.807, 2.05) is 0 Å². The number of rotatable bonds is 0. The molecule has 1 atom stereocenters. The van der Waals surface area contributed by atoms with E-state index >= 15 is 0 Å². The van der Waals surface area contributed by atoms with Crippen molar-refractivity contribution in [2.24, 2.45) is 0 Å². The van der Waals surface area contributed by atoms with Gasteiger partial charge in [-0.05, 0) is 32.5 Å². The number of hydrogen-bond acceptors (Lipinski definition) is 1. The highest BCUT2D eigenvalue weighted by molar-refractivity contribution is 6.71. The molecule has 54 valence electrons. The predicted octanol–water partition coefficient (Wildman–Crippen LogP) is 2.39. The van der Waals surface area contributed by atoms with Crippen LogP contribution in [0.2, 0.25) is 19.1 Å². The van der Waals surface area contributed by atoms with Gasteiger partial charge >= 0.3 is 0 Å². The van der Waals surface area contributed by atoms with Crippen molar-refractivity contribution in [2.75, 3.05) is 0 Å². The Bertz CT molecular complexity index is 101. The molecule has 0 amide bonds. The second-order valence-corrected chi connectivity index (χ2v) is 7.84. The lowest BCUT2D eigenvalue weighted by molar-refractivity contribution is 0.179. The summed E-state index contributed by atoms with van der Waals surface area (Å²) in [7, 11) is -1.15. The molecule has 1 aliphatic heterocycles. The van der Waals surface area contributed by atoms with E-state index in [1.165, 1.54) is 18.9 Å². The van der Waals surface area contributed by atoms with Crippen molar-refractivity contribution in [3.05, 3.63) is 0 Å². The highest BCUT2D eigenvalue weighted by Crippen LogP contribution is 2.24. The Morgan fingerprint density at radius 1 is 1.44 bits per heavy atom. The van der Waals surface area contributed by atoms with Crippen LogP contribution < -0.4 is 0 Å². The molecule has 0 spiro atoms. The molecule has 0 aromatic rings. The maximum atomic E-state index is 5.81. The minimum atomic E-state index is -1.15. The summed E-state index contributed by atoms with van der Waals surface area (Å²) in [6, 6.07) is 1.36. The van der Waals surface area contributed by atoms with Gasteiger partial charge in [-0.15, -0.1) is 0 Å². The van der Waals surface area contributed by atoms with Crippen molar-refractivity contribution in [2.45, 2.75) is 45.0 Å². The molecule has 0 aromatic heterocycles. The van der Waals surface area contributed by atoms with Crippen molar-refractivity contribution in [3.63, 3.8) is 0 Å². The molecule has 1 nitrogen and oxygen atoms in total. The van der Waals surface area contributed by atoms with Crippen molar-refractivity contribution in [1.82, 2.24) is 0 Å². The van der Waals surface area contributed by atoms with Gasteiger partial charge in [-0.3, -0.25) is 0 Å². The summed E-state index contributed by atoms with van der Waals surface area (Å²) < 4.78 is 5.81. The Labute approximate surface area is 58.5 Å². The van der Waals surface area contributed by atoms with Gasteiger partial charge in [-0.1, -0.05) is 6.42 Å². The average molecular weight is 144 g/mol. The Kier molecular flexibility index (Phi) is 1.96. The Morgan fingerprint density at radius 2 is 2.11 bits per heavy atom. The van der Waals surface area contributed by atoms with Crippen molar-refractivity contribution >= 4 is 8.32 Å². The molecule has 1 fully saturated rings. The lowest BCUT2D eigenvalue weighted by atomic mass is 10.2. The second-order valence-electron chi connectivity index (χ2n) is 3.58. The molecule has 1 saturated heterocycles. The van der Waals surface area contributed by atoms with Gasteiger partial charge in [0.15, 0.2) is 8.32 Å². The number of hydrogen-bond donors (Lipinski definition) is 0. The normalized spacial score (nSPS) is 34.3. The Morgan fingerprint density at radius 3 is 2.44 bits per heavy atom. The largest absolute Gasteiger partial charge is 0.415 e. The van der Waals surface area contributed by atoms with Crippen LogP contribution in [0.1, 0.15) is 19.8 Å². The summed E-state index contributed by atoms with van der Waals surface area (Å²) in [4.78, 5) is 0. The van der Waals surface area contributed by atoms with Crippen LogP contribution in [-0.2, 0) is 4.43 Å². The highest BCUT2D eigenvalue weighted by atomic mass is 28.4. The fourth-order valence-corrected chi connectivity index (χ4v) is 3.86. The van der Waals surface area contributed by atoms with E-state index in [9.17, 15) is 0 Å². The summed E-state index contributed by atoms with van der Waals surface area (Å²) in [6.07, 6.45) is 3.21. The molecule has 1 aliphatic rings. The Hall–Kier alpha value is 0.177.